The van der Waals surface area contributed by atoms with Crippen molar-refractivity contribution in [1.29, 1.82) is 0 Å². The number of amides is 1. The van der Waals surface area contributed by atoms with Gasteiger partial charge >= 0.3 is 0 Å². The first-order valence-corrected chi connectivity index (χ1v) is 8.97. The van der Waals surface area contributed by atoms with Gasteiger partial charge in [-0.2, -0.15) is 0 Å². The number of sulfonamides is 1. The molecule has 2 aromatic carbocycles. The van der Waals surface area contributed by atoms with E-state index >= 15 is 0 Å². The average Bonchev–Trinajstić information content (AvgIpc) is 2.56. The molecule has 0 aliphatic carbocycles. The molecule has 0 aromatic heterocycles. The van der Waals surface area contributed by atoms with E-state index in [0.29, 0.717) is 10.7 Å². The first kappa shape index (κ1) is 18.2. The predicted molar refractivity (Wildman–Crippen MR) is 96.5 cm³/mol. The molecular weight excluding hydrogens is 348 g/mol. The zero-order chi connectivity index (χ0) is 17.7. The Morgan fingerprint density at radius 3 is 2.38 bits per heavy atom. The fourth-order valence-electron chi connectivity index (χ4n) is 1.90. The highest BCUT2D eigenvalue weighted by atomic mass is 35.5. The van der Waals surface area contributed by atoms with Crippen LogP contribution in [0, 0.1) is 6.92 Å². The molecule has 2 rings (SSSR count). The molecule has 0 bridgehead atoms. The van der Waals surface area contributed by atoms with Gasteiger partial charge in [0.1, 0.15) is 0 Å². The van der Waals surface area contributed by atoms with E-state index in [2.05, 4.69) is 10.0 Å². The van der Waals surface area contributed by atoms with E-state index in [1.165, 1.54) is 37.4 Å². The molecule has 0 fully saturated rings. The molecule has 2 aromatic rings. The Bertz CT molecular complexity index is 875. The minimum absolute atomic E-state index is 0.132. The van der Waals surface area contributed by atoms with Crippen molar-refractivity contribution in [2.75, 3.05) is 12.4 Å². The normalized spacial score (nSPS) is 11.6. The lowest BCUT2D eigenvalue weighted by Crippen LogP contribution is -2.18. The van der Waals surface area contributed by atoms with Gasteiger partial charge in [0.15, 0.2) is 0 Å². The highest BCUT2D eigenvalue weighted by molar-refractivity contribution is 7.89. The fourth-order valence-corrected chi connectivity index (χ4v) is 2.82. The maximum Gasteiger partial charge on any atom is 0.248 e. The fraction of sp³-hybridized carbons (Fsp3) is 0.118. The minimum atomic E-state index is -3.49. The molecule has 0 aliphatic heterocycles. The van der Waals surface area contributed by atoms with Crippen LogP contribution in [0.1, 0.15) is 11.1 Å². The van der Waals surface area contributed by atoms with Crippen molar-refractivity contribution in [1.82, 2.24) is 4.72 Å². The number of aryl methyl sites for hydroxylation is 1. The molecule has 7 heteroatoms. The summed E-state index contributed by atoms with van der Waals surface area (Å²) in [6, 6.07) is 11.4. The van der Waals surface area contributed by atoms with Crippen LogP contribution in [0.3, 0.4) is 0 Å². The van der Waals surface area contributed by atoms with E-state index in [-0.39, 0.29) is 10.8 Å². The minimum Gasteiger partial charge on any atom is -0.323 e. The van der Waals surface area contributed by atoms with E-state index in [0.717, 1.165) is 11.1 Å². The second-order valence-electron chi connectivity index (χ2n) is 5.06. The van der Waals surface area contributed by atoms with E-state index in [1.807, 2.05) is 19.1 Å². The van der Waals surface area contributed by atoms with Crippen molar-refractivity contribution in [2.45, 2.75) is 11.8 Å². The van der Waals surface area contributed by atoms with E-state index in [9.17, 15) is 13.2 Å². The molecule has 0 radical (unpaired) electrons. The van der Waals surface area contributed by atoms with Gasteiger partial charge in [0.2, 0.25) is 15.9 Å². The molecular formula is C17H17ClN2O3S. The summed E-state index contributed by atoms with van der Waals surface area (Å²) in [5.41, 5.74) is 2.28. The lowest BCUT2D eigenvalue weighted by Gasteiger charge is -2.05. The summed E-state index contributed by atoms with van der Waals surface area (Å²) in [4.78, 5) is 12.0. The number of carbonyl (C=O) groups excluding carboxylic acids is 1. The van der Waals surface area contributed by atoms with Gasteiger partial charge in [-0.25, -0.2) is 13.1 Å². The number of carbonyl (C=O) groups is 1. The van der Waals surface area contributed by atoms with Crippen molar-refractivity contribution in [3.05, 3.63) is 64.7 Å². The standard InChI is InChI=1S/C17H17ClN2O3S/c1-12-3-4-13(11-16(12)18)5-10-17(21)20-14-6-8-15(9-7-14)24(22,23)19-2/h3-11,19H,1-2H3,(H,20,21)/b10-5+. The van der Waals surface area contributed by atoms with Crippen molar-refractivity contribution in [2.24, 2.45) is 0 Å². The van der Waals surface area contributed by atoms with Crippen LogP contribution in [0.5, 0.6) is 0 Å². The molecule has 24 heavy (non-hydrogen) atoms. The first-order valence-electron chi connectivity index (χ1n) is 7.10. The van der Waals surface area contributed by atoms with Crippen LogP contribution in [0.4, 0.5) is 5.69 Å². The Morgan fingerprint density at radius 2 is 1.79 bits per heavy atom. The molecule has 1 amide bonds. The molecule has 5 nitrogen and oxygen atoms in total. The van der Waals surface area contributed by atoms with Crippen LogP contribution in [0.15, 0.2) is 53.4 Å². The molecule has 0 heterocycles. The van der Waals surface area contributed by atoms with Crippen molar-refractivity contribution < 1.29 is 13.2 Å². The summed E-state index contributed by atoms with van der Waals surface area (Å²) in [6.45, 7) is 1.90. The predicted octanol–water partition coefficient (Wildman–Crippen LogP) is 3.21. The molecule has 0 aliphatic rings. The van der Waals surface area contributed by atoms with E-state index in [1.54, 1.807) is 12.1 Å². The van der Waals surface area contributed by atoms with Gasteiger partial charge in [0.25, 0.3) is 0 Å². The monoisotopic (exact) mass is 364 g/mol. The second-order valence-corrected chi connectivity index (χ2v) is 7.36. The number of anilines is 1. The van der Waals surface area contributed by atoms with E-state index in [4.69, 9.17) is 11.6 Å². The zero-order valence-corrected chi connectivity index (χ0v) is 14.8. The number of rotatable bonds is 5. The largest absolute Gasteiger partial charge is 0.323 e. The molecule has 0 saturated carbocycles. The number of benzene rings is 2. The Kier molecular flexibility index (Phi) is 5.77. The Balaban J connectivity index is 2.04. The Morgan fingerprint density at radius 1 is 1.12 bits per heavy atom. The van der Waals surface area contributed by atoms with Gasteiger partial charge in [-0.1, -0.05) is 23.7 Å². The van der Waals surface area contributed by atoms with Gasteiger partial charge in [0.05, 0.1) is 4.90 Å². The summed E-state index contributed by atoms with van der Waals surface area (Å²) < 4.78 is 25.5. The zero-order valence-electron chi connectivity index (χ0n) is 13.2. The lowest BCUT2D eigenvalue weighted by atomic mass is 10.1. The van der Waals surface area contributed by atoms with Crippen LogP contribution in [-0.4, -0.2) is 21.4 Å². The summed E-state index contributed by atoms with van der Waals surface area (Å²) >= 11 is 6.03. The molecule has 0 atom stereocenters. The van der Waals surface area contributed by atoms with Crippen LogP contribution in [0.25, 0.3) is 6.08 Å². The quantitative estimate of drug-likeness (QED) is 0.800. The highest BCUT2D eigenvalue weighted by Crippen LogP contribution is 2.18. The van der Waals surface area contributed by atoms with Crippen molar-refractivity contribution in [3.8, 4) is 0 Å². The molecule has 0 saturated heterocycles. The highest BCUT2D eigenvalue weighted by Gasteiger charge is 2.10. The summed E-state index contributed by atoms with van der Waals surface area (Å²) in [6.07, 6.45) is 3.04. The van der Waals surface area contributed by atoms with Gasteiger partial charge in [-0.3, -0.25) is 4.79 Å². The van der Waals surface area contributed by atoms with Gasteiger partial charge in [-0.15, -0.1) is 0 Å². The van der Waals surface area contributed by atoms with Crippen molar-refractivity contribution in [3.63, 3.8) is 0 Å². The van der Waals surface area contributed by atoms with Gasteiger partial charge < -0.3 is 5.32 Å². The molecule has 0 spiro atoms. The summed E-state index contributed by atoms with van der Waals surface area (Å²) in [7, 11) is -2.15. The topological polar surface area (TPSA) is 75.3 Å². The number of nitrogens with one attached hydrogen (secondary N) is 2. The van der Waals surface area contributed by atoms with Gasteiger partial charge in [-0.05, 0) is 61.5 Å². The smallest absolute Gasteiger partial charge is 0.248 e. The van der Waals surface area contributed by atoms with E-state index < -0.39 is 10.0 Å². The Hall–Kier alpha value is -2.15. The molecule has 2 N–H and O–H groups in total. The SMILES string of the molecule is CNS(=O)(=O)c1ccc(NC(=O)/C=C/c2ccc(C)c(Cl)c2)cc1. The maximum absolute atomic E-state index is 11.9. The average molecular weight is 365 g/mol. The van der Waals surface area contributed by atoms with Crippen LogP contribution in [-0.2, 0) is 14.8 Å². The third-order valence-electron chi connectivity index (χ3n) is 3.32. The van der Waals surface area contributed by atoms with Gasteiger partial charge in [0, 0.05) is 16.8 Å². The maximum atomic E-state index is 11.9. The third-order valence-corrected chi connectivity index (χ3v) is 5.16. The molecule has 126 valence electrons. The summed E-state index contributed by atoms with van der Waals surface area (Å²) in [5.74, 6) is -0.323. The second kappa shape index (κ2) is 7.61. The van der Waals surface area contributed by atoms with Crippen molar-refractivity contribution >= 4 is 39.3 Å². The molecule has 0 unspecified atom stereocenters. The third kappa shape index (κ3) is 4.67. The number of hydrogen-bond acceptors (Lipinski definition) is 3. The van der Waals surface area contributed by atoms with Crippen LogP contribution >= 0.6 is 11.6 Å². The Labute approximate surface area is 146 Å². The number of hydrogen-bond donors (Lipinski definition) is 2. The first-order chi connectivity index (χ1) is 11.3. The van der Waals surface area contributed by atoms with Crippen LogP contribution in [0.2, 0.25) is 5.02 Å². The van der Waals surface area contributed by atoms with Crippen LogP contribution < -0.4 is 10.0 Å². The summed E-state index contributed by atoms with van der Waals surface area (Å²) in [5, 5.41) is 3.30. The number of halogens is 1. The lowest BCUT2D eigenvalue weighted by molar-refractivity contribution is -0.111.